The minimum Gasteiger partial charge on any atom is -0.489 e. The van der Waals surface area contributed by atoms with Crippen LogP contribution < -0.4 is 4.74 Å². The molecule has 0 aliphatic rings. The Hall–Kier alpha value is -1.63. The normalized spacial score (nSPS) is 12.3. The molecular weight excluding hydrogens is 251 g/mol. The minimum absolute atomic E-state index is 0.0303. The van der Waals surface area contributed by atoms with Gasteiger partial charge in [-0.15, -0.1) is 0 Å². The molecule has 0 aliphatic heterocycles. The van der Waals surface area contributed by atoms with E-state index in [1.165, 1.54) is 13.8 Å². The number of ether oxygens (including phenoxy) is 1. The number of aliphatic hydroxyl groups is 1. The Morgan fingerprint density at radius 1 is 1.44 bits per heavy atom. The number of hydrogen-bond donors (Lipinski definition) is 1. The second-order valence-electron chi connectivity index (χ2n) is 4.32. The zero-order chi connectivity index (χ0) is 14.0. The second-order valence-corrected chi connectivity index (χ2v) is 4.32. The van der Waals surface area contributed by atoms with Crippen molar-refractivity contribution in [3.05, 3.63) is 23.5 Å². The molecule has 0 saturated heterocycles. The number of hydrogen-bond acceptors (Lipinski definition) is 4. The van der Waals surface area contributed by atoms with Crippen molar-refractivity contribution in [2.45, 2.75) is 25.6 Å². The highest BCUT2D eigenvalue weighted by Gasteiger charge is 2.34. The number of carbonyl (C=O) groups is 1. The molecule has 0 radical (unpaired) electrons. The molecule has 0 unspecified atom stereocenters. The lowest BCUT2D eigenvalue weighted by Crippen LogP contribution is -2.28. The summed E-state index contributed by atoms with van der Waals surface area (Å²) in [6, 6.07) is 0.683. The van der Waals surface area contributed by atoms with E-state index in [0.717, 1.165) is 6.20 Å². The number of pyridine rings is 1. The van der Waals surface area contributed by atoms with Crippen molar-refractivity contribution in [2.24, 2.45) is 0 Å². The molecule has 0 saturated carbocycles. The molecule has 0 fully saturated rings. The Bertz CT molecular complexity index is 438. The van der Waals surface area contributed by atoms with E-state index >= 15 is 0 Å². The third kappa shape index (κ3) is 3.99. The summed E-state index contributed by atoms with van der Waals surface area (Å²) in [5.41, 5.74) is -3.04. The molecule has 4 nitrogen and oxygen atoms in total. The van der Waals surface area contributed by atoms with Crippen molar-refractivity contribution >= 4 is 6.29 Å². The van der Waals surface area contributed by atoms with E-state index in [-0.39, 0.29) is 18.6 Å². The molecule has 100 valence electrons. The number of rotatable bonds is 4. The summed E-state index contributed by atoms with van der Waals surface area (Å²) in [6.07, 6.45) is -3.65. The Balaban J connectivity index is 3.00. The van der Waals surface area contributed by atoms with Gasteiger partial charge in [0.05, 0.1) is 17.4 Å². The van der Waals surface area contributed by atoms with Gasteiger partial charge in [-0.2, -0.15) is 13.2 Å². The van der Waals surface area contributed by atoms with Gasteiger partial charge in [-0.3, -0.25) is 4.79 Å². The number of aromatic nitrogens is 1. The first-order valence-corrected chi connectivity index (χ1v) is 5.01. The van der Waals surface area contributed by atoms with Gasteiger partial charge in [-0.05, 0) is 19.9 Å². The minimum atomic E-state index is -4.68. The van der Waals surface area contributed by atoms with E-state index < -0.39 is 23.0 Å². The summed E-state index contributed by atoms with van der Waals surface area (Å²) in [7, 11) is 0. The highest BCUT2D eigenvalue weighted by molar-refractivity contribution is 5.74. The Kier molecular flexibility index (Phi) is 3.95. The summed E-state index contributed by atoms with van der Waals surface area (Å²) >= 11 is 0. The predicted molar refractivity (Wildman–Crippen MR) is 56.4 cm³/mol. The Morgan fingerprint density at radius 2 is 2.06 bits per heavy atom. The first kappa shape index (κ1) is 14.4. The van der Waals surface area contributed by atoms with Gasteiger partial charge in [-0.25, -0.2) is 4.98 Å². The van der Waals surface area contributed by atoms with Crippen LogP contribution in [0.25, 0.3) is 0 Å². The molecule has 1 rings (SSSR count). The molecule has 7 heteroatoms. The van der Waals surface area contributed by atoms with Crippen LogP contribution in [0.1, 0.15) is 29.9 Å². The average Bonchev–Trinajstić information content (AvgIpc) is 2.24. The van der Waals surface area contributed by atoms with E-state index in [0.29, 0.717) is 6.07 Å². The number of carbonyl (C=O) groups excluding carboxylic acids is 1. The molecule has 0 atom stereocenters. The lowest BCUT2D eigenvalue weighted by atomic mass is 10.1. The number of halogens is 3. The van der Waals surface area contributed by atoms with E-state index in [9.17, 15) is 23.1 Å². The van der Waals surface area contributed by atoms with Crippen molar-refractivity contribution in [2.75, 3.05) is 6.61 Å². The molecule has 0 aliphatic carbocycles. The molecule has 1 N–H and O–H groups in total. The zero-order valence-electron chi connectivity index (χ0n) is 9.78. The SMILES string of the molecule is CC(C)(O)COc1cnc(C=O)c(C(F)(F)F)c1. The van der Waals surface area contributed by atoms with Crippen LogP contribution in [0.5, 0.6) is 5.75 Å². The molecule has 0 aromatic carbocycles. The Labute approximate surface area is 101 Å². The third-order valence-electron chi connectivity index (χ3n) is 1.90. The van der Waals surface area contributed by atoms with Crippen LogP contribution in [0.2, 0.25) is 0 Å². The van der Waals surface area contributed by atoms with Crippen molar-refractivity contribution < 1.29 is 27.8 Å². The molecule has 1 aromatic rings. The van der Waals surface area contributed by atoms with Crippen LogP contribution in [-0.4, -0.2) is 28.6 Å². The highest BCUT2D eigenvalue weighted by Crippen LogP contribution is 2.32. The summed E-state index contributed by atoms with van der Waals surface area (Å²) in [5.74, 6) is -0.157. The summed E-state index contributed by atoms with van der Waals surface area (Å²) < 4.78 is 42.7. The standard InChI is InChI=1S/C11H12F3NO3/c1-10(2,17)6-18-7-3-8(11(12,13)14)9(5-16)15-4-7/h3-5,17H,6H2,1-2H3. The lowest BCUT2D eigenvalue weighted by molar-refractivity contribution is -0.138. The van der Waals surface area contributed by atoms with Crippen molar-refractivity contribution in [1.29, 1.82) is 0 Å². The fraction of sp³-hybridized carbons (Fsp3) is 0.455. The topological polar surface area (TPSA) is 59.4 Å². The first-order chi connectivity index (χ1) is 8.13. The van der Waals surface area contributed by atoms with Crippen LogP contribution in [-0.2, 0) is 6.18 Å². The zero-order valence-corrected chi connectivity index (χ0v) is 9.78. The maximum Gasteiger partial charge on any atom is 0.418 e. The van der Waals surface area contributed by atoms with Crippen molar-refractivity contribution in [1.82, 2.24) is 4.98 Å². The van der Waals surface area contributed by atoms with E-state index in [1.807, 2.05) is 0 Å². The van der Waals surface area contributed by atoms with E-state index in [4.69, 9.17) is 4.74 Å². The largest absolute Gasteiger partial charge is 0.489 e. The van der Waals surface area contributed by atoms with Crippen LogP contribution in [0, 0.1) is 0 Å². The molecule has 1 heterocycles. The fourth-order valence-electron chi connectivity index (χ4n) is 1.12. The number of nitrogens with zero attached hydrogens (tertiary/aromatic N) is 1. The quantitative estimate of drug-likeness (QED) is 0.845. The lowest BCUT2D eigenvalue weighted by Gasteiger charge is -2.18. The van der Waals surface area contributed by atoms with Gasteiger partial charge in [0.2, 0.25) is 0 Å². The van der Waals surface area contributed by atoms with Crippen LogP contribution in [0.3, 0.4) is 0 Å². The fourth-order valence-corrected chi connectivity index (χ4v) is 1.12. The molecule has 0 bridgehead atoms. The van der Waals surface area contributed by atoms with Crippen LogP contribution in [0.4, 0.5) is 13.2 Å². The summed E-state index contributed by atoms with van der Waals surface area (Å²) in [6.45, 7) is 2.71. The molecule has 0 amide bonds. The van der Waals surface area contributed by atoms with E-state index in [1.54, 1.807) is 0 Å². The second kappa shape index (κ2) is 4.93. The van der Waals surface area contributed by atoms with Crippen molar-refractivity contribution in [3.63, 3.8) is 0 Å². The summed E-state index contributed by atoms with van der Waals surface area (Å²) in [4.78, 5) is 13.8. The highest BCUT2D eigenvalue weighted by atomic mass is 19.4. The van der Waals surface area contributed by atoms with Crippen molar-refractivity contribution in [3.8, 4) is 5.75 Å². The molecule has 1 aromatic heterocycles. The maximum atomic E-state index is 12.6. The summed E-state index contributed by atoms with van der Waals surface area (Å²) in [5, 5.41) is 9.39. The molecule has 18 heavy (non-hydrogen) atoms. The average molecular weight is 263 g/mol. The number of aldehydes is 1. The number of alkyl halides is 3. The van der Waals surface area contributed by atoms with Crippen LogP contribution in [0.15, 0.2) is 12.3 Å². The first-order valence-electron chi connectivity index (χ1n) is 5.01. The van der Waals surface area contributed by atoms with Gasteiger partial charge in [0.15, 0.2) is 6.29 Å². The van der Waals surface area contributed by atoms with Gasteiger partial charge in [-0.1, -0.05) is 0 Å². The van der Waals surface area contributed by atoms with Gasteiger partial charge in [0, 0.05) is 0 Å². The maximum absolute atomic E-state index is 12.6. The molecular formula is C11H12F3NO3. The molecule has 0 spiro atoms. The van der Waals surface area contributed by atoms with Crippen LogP contribution >= 0.6 is 0 Å². The predicted octanol–water partition coefficient (Wildman–Crippen LogP) is 2.06. The van der Waals surface area contributed by atoms with Gasteiger partial charge in [0.25, 0.3) is 0 Å². The monoisotopic (exact) mass is 263 g/mol. The van der Waals surface area contributed by atoms with Gasteiger partial charge in [0.1, 0.15) is 18.1 Å². The van der Waals surface area contributed by atoms with E-state index in [2.05, 4.69) is 4.98 Å². The smallest absolute Gasteiger partial charge is 0.418 e. The third-order valence-corrected chi connectivity index (χ3v) is 1.90. The van der Waals surface area contributed by atoms with Gasteiger partial charge < -0.3 is 9.84 Å². The van der Waals surface area contributed by atoms with Gasteiger partial charge >= 0.3 is 6.18 Å². The Morgan fingerprint density at radius 3 is 2.50 bits per heavy atom.